The van der Waals surface area contributed by atoms with Gasteiger partial charge in [-0.3, -0.25) is 14.5 Å². The van der Waals surface area contributed by atoms with Crippen molar-refractivity contribution in [2.45, 2.75) is 44.1 Å². The molecule has 7 nitrogen and oxygen atoms in total. The zero-order valence-electron chi connectivity index (χ0n) is 18.9. The molecule has 1 saturated carbocycles. The van der Waals surface area contributed by atoms with E-state index >= 15 is 0 Å². The monoisotopic (exact) mass is 433 g/mol. The maximum Gasteiger partial charge on any atom is 0.250 e. The molecular weight excluding hydrogens is 402 g/mol. The van der Waals surface area contributed by atoms with Crippen LogP contribution in [0.1, 0.15) is 49.8 Å². The summed E-state index contributed by atoms with van der Waals surface area (Å²) in [7, 11) is 3.62. The van der Waals surface area contributed by atoms with E-state index in [0.717, 1.165) is 60.9 Å². The zero-order valence-corrected chi connectivity index (χ0v) is 18.9. The van der Waals surface area contributed by atoms with Gasteiger partial charge in [-0.25, -0.2) is 4.98 Å². The number of aromatic amines is 1. The summed E-state index contributed by atoms with van der Waals surface area (Å²) < 4.78 is 1.91. The lowest BCUT2D eigenvalue weighted by molar-refractivity contribution is -0.130. The zero-order chi connectivity index (χ0) is 22.2. The lowest BCUT2D eigenvalue weighted by atomic mass is 9.92. The molecule has 0 aromatic carbocycles. The van der Waals surface area contributed by atoms with Crippen LogP contribution in [0.4, 0.5) is 0 Å². The molecule has 0 radical (unpaired) electrons. The molecule has 1 aliphatic heterocycles. The average molecular weight is 434 g/mol. The van der Waals surface area contributed by atoms with E-state index in [1.165, 1.54) is 12.1 Å². The van der Waals surface area contributed by atoms with E-state index in [9.17, 15) is 9.59 Å². The highest BCUT2D eigenvalue weighted by Crippen LogP contribution is 2.35. The number of nitrogens with zero attached hydrogens (tertiary/aromatic N) is 4. The summed E-state index contributed by atoms with van der Waals surface area (Å²) in [6.45, 7) is 2.34. The molecule has 0 spiro atoms. The third-order valence-electron chi connectivity index (χ3n) is 7.15. The second-order valence-electron chi connectivity index (χ2n) is 9.43. The Kier molecular flexibility index (Phi) is 5.59. The number of aromatic nitrogens is 3. The lowest BCUT2D eigenvalue weighted by Gasteiger charge is -2.31. The van der Waals surface area contributed by atoms with Crippen LogP contribution >= 0.6 is 0 Å². The molecule has 2 aliphatic rings. The van der Waals surface area contributed by atoms with E-state index in [4.69, 9.17) is 0 Å². The first-order chi connectivity index (χ1) is 15.5. The summed E-state index contributed by atoms with van der Waals surface area (Å²) in [5, 5.41) is 1.10. The van der Waals surface area contributed by atoms with Crippen molar-refractivity contribution >= 4 is 16.9 Å². The highest BCUT2D eigenvalue weighted by molar-refractivity contribution is 5.93. The van der Waals surface area contributed by atoms with Crippen LogP contribution in [0.15, 0.2) is 41.5 Å². The molecule has 1 saturated heterocycles. The van der Waals surface area contributed by atoms with Crippen molar-refractivity contribution < 1.29 is 4.79 Å². The number of hydrogen-bond acceptors (Lipinski definition) is 4. The number of hydrogen-bond donors (Lipinski definition) is 1. The number of nitrogens with one attached hydrogen (secondary N) is 1. The van der Waals surface area contributed by atoms with Gasteiger partial charge in [0.15, 0.2) is 0 Å². The van der Waals surface area contributed by atoms with Gasteiger partial charge in [-0.05, 0) is 74.5 Å². The van der Waals surface area contributed by atoms with Crippen molar-refractivity contribution in [3.8, 4) is 11.1 Å². The predicted octanol–water partition coefficient (Wildman–Crippen LogP) is 3.38. The Balaban J connectivity index is 1.38. The average Bonchev–Trinajstić information content (AvgIpc) is 3.19. The molecule has 7 heteroatoms. The maximum atomic E-state index is 12.4. The summed E-state index contributed by atoms with van der Waals surface area (Å²) in [4.78, 5) is 36.4. The molecule has 5 rings (SSSR count). The Morgan fingerprint density at radius 3 is 2.62 bits per heavy atom. The fourth-order valence-corrected chi connectivity index (χ4v) is 4.87. The van der Waals surface area contributed by atoms with Crippen molar-refractivity contribution in [1.29, 1.82) is 0 Å². The fourth-order valence-electron chi connectivity index (χ4n) is 4.87. The number of rotatable bonds is 5. The van der Waals surface area contributed by atoms with Gasteiger partial charge in [-0.1, -0.05) is 0 Å². The van der Waals surface area contributed by atoms with Gasteiger partial charge in [0.1, 0.15) is 5.65 Å². The number of carbonyl (C=O) groups is 1. The SMILES string of the molecule is CN(C)C(=O)CN1CCC(c2cc3c(-c4ccc(=O)n(C5CCC5)c4)ccnc3[nH]2)CC1. The molecule has 4 heterocycles. The van der Waals surface area contributed by atoms with Crippen LogP contribution < -0.4 is 5.56 Å². The van der Waals surface area contributed by atoms with E-state index in [2.05, 4.69) is 20.9 Å². The second-order valence-corrected chi connectivity index (χ2v) is 9.43. The van der Waals surface area contributed by atoms with Gasteiger partial charge in [0.05, 0.1) is 6.54 Å². The first-order valence-corrected chi connectivity index (χ1v) is 11.6. The number of fused-ring (bicyclic) bond motifs is 1. The van der Waals surface area contributed by atoms with Gasteiger partial charge in [0, 0.05) is 55.6 Å². The molecule has 1 N–H and O–H groups in total. The van der Waals surface area contributed by atoms with E-state index < -0.39 is 0 Å². The molecule has 2 fully saturated rings. The normalized spacial score (nSPS) is 18.1. The molecule has 3 aromatic rings. The highest BCUT2D eigenvalue weighted by Gasteiger charge is 2.25. The van der Waals surface area contributed by atoms with Crippen LogP contribution in [0.3, 0.4) is 0 Å². The minimum atomic E-state index is 0.0815. The Labute approximate surface area is 188 Å². The lowest BCUT2D eigenvalue weighted by Crippen LogP contribution is -2.40. The van der Waals surface area contributed by atoms with Gasteiger partial charge in [-0.2, -0.15) is 0 Å². The number of likely N-dealkylation sites (N-methyl/N-ethyl adjacent to an activating group) is 1. The first kappa shape index (κ1) is 20.9. The smallest absolute Gasteiger partial charge is 0.250 e. The third-order valence-corrected chi connectivity index (χ3v) is 7.15. The summed E-state index contributed by atoms with van der Waals surface area (Å²) in [6.07, 6.45) is 9.28. The molecule has 168 valence electrons. The Morgan fingerprint density at radius 2 is 1.94 bits per heavy atom. The van der Waals surface area contributed by atoms with Gasteiger partial charge < -0.3 is 14.5 Å². The van der Waals surface area contributed by atoms with Crippen LogP contribution in [0.5, 0.6) is 0 Å². The largest absolute Gasteiger partial charge is 0.348 e. The van der Waals surface area contributed by atoms with Crippen molar-refractivity contribution in [2.75, 3.05) is 33.7 Å². The quantitative estimate of drug-likeness (QED) is 0.669. The van der Waals surface area contributed by atoms with Crippen LogP contribution in [0, 0.1) is 0 Å². The molecule has 3 aromatic heterocycles. The molecule has 32 heavy (non-hydrogen) atoms. The predicted molar refractivity (Wildman–Crippen MR) is 126 cm³/mol. The van der Waals surface area contributed by atoms with Gasteiger partial charge >= 0.3 is 0 Å². The molecular formula is C25H31N5O2. The van der Waals surface area contributed by atoms with Crippen molar-refractivity contribution in [3.63, 3.8) is 0 Å². The van der Waals surface area contributed by atoms with E-state index in [1.54, 1.807) is 11.0 Å². The molecule has 0 atom stereocenters. The Hall–Kier alpha value is -2.93. The van der Waals surface area contributed by atoms with Crippen molar-refractivity contribution in [3.05, 3.63) is 52.7 Å². The van der Waals surface area contributed by atoms with Crippen LogP contribution in [-0.2, 0) is 4.79 Å². The van der Waals surface area contributed by atoms with E-state index in [1.807, 2.05) is 43.2 Å². The van der Waals surface area contributed by atoms with Crippen molar-refractivity contribution in [2.24, 2.45) is 0 Å². The number of H-pyrrole nitrogens is 1. The van der Waals surface area contributed by atoms with Crippen LogP contribution in [0.2, 0.25) is 0 Å². The van der Waals surface area contributed by atoms with Gasteiger partial charge in [0.2, 0.25) is 5.91 Å². The molecule has 0 unspecified atom stereocenters. The second kappa shape index (κ2) is 8.54. The summed E-state index contributed by atoms with van der Waals surface area (Å²) >= 11 is 0. The Morgan fingerprint density at radius 1 is 1.16 bits per heavy atom. The number of piperidine rings is 1. The van der Waals surface area contributed by atoms with Gasteiger partial charge in [-0.15, -0.1) is 0 Å². The maximum absolute atomic E-state index is 12.4. The standard InChI is InChI=1S/C25H31N5O2/c1-28(2)24(32)16-29-12-9-17(10-13-29)22-14-21-20(8-11-26-25(21)27-22)18-6-7-23(31)30(15-18)19-4-3-5-19/h6-8,11,14-15,17,19H,3-5,9-10,12-13,16H2,1-2H3,(H,26,27). The number of pyridine rings is 2. The Bertz CT molecular complexity index is 1180. The fraction of sp³-hybridized carbons (Fsp3) is 0.480. The number of carbonyl (C=O) groups excluding carboxylic acids is 1. The molecule has 1 aliphatic carbocycles. The molecule has 1 amide bonds. The molecule has 0 bridgehead atoms. The topological polar surface area (TPSA) is 74.2 Å². The minimum absolute atomic E-state index is 0.0815. The van der Waals surface area contributed by atoms with E-state index in [0.29, 0.717) is 18.5 Å². The van der Waals surface area contributed by atoms with Crippen LogP contribution in [0.25, 0.3) is 22.2 Å². The summed E-state index contributed by atoms with van der Waals surface area (Å²) in [5.74, 6) is 0.595. The highest BCUT2D eigenvalue weighted by atomic mass is 16.2. The van der Waals surface area contributed by atoms with E-state index in [-0.39, 0.29) is 11.5 Å². The third kappa shape index (κ3) is 3.97. The number of amides is 1. The van der Waals surface area contributed by atoms with Gasteiger partial charge in [0.25, 0.3) is 5.56 Å². The summed E-state index contributed by atoms with van der Waals surface area (Å²) in [5.41, 5.74) is 4.36. The van der Waals surface area contributed by atoms with Crippen LogP contribution in [-0.4, -0.2) is 64.0 Å². The van der Waals surface area contributed by atoms with Crippen molar-refractivity contribution in [1.82, 2.24) is 24.3 Å². The number of likely N-dealkylation sites (tertiary alicyclic amines) is 1. The first-order valence-electron chi connectivity index (χ1n) is 11.6. The summed E-state index contributed by atoms with van der Waals surface area (Å²) in [6, 6.07) is 8.24. The minimum Gasteiger partial charge on any atom is -0.348 e.